The van der Waals surface area contributed by atoms with Crippen molar-refractivity contribution in [3.8, 4) is 0 Å². The first-order valence-corrected chi connectivity index (χ1v) is 9.90. The van der Waals surface area contributed by atoms with Gasteiger partial charge >= 0.3 is 0 Å². The lowest BCUT2D eigenvalue weighted by atomic mass is 10.2. The standard InChI is InChI=1S/C23H22N6/c1-2-14-29(13-1)19-10-8-18(9-11-19)27-21-15-22(26-16-25-21)28-20-7-3-5-17-6-4-12-24-23(17)20/h3-12,15-16H,1-2,13-14H2,(H2,25,26,27,28). The highest BCUT2D eigenvalue weighted by Gasteiger charge is 2.12. The minimum absolute atomic E-state index is 0.717. The van der Waals surface area contributed by atoms with Crippen LogP contribution < -0.4 is 15.5 Å². The van der Waals surface area contributed by atoms with E-state index in [1.54, 1.807) is 12.5 Å². The van der Waals surface area contributed by atoms with E-state index in [0.29, 0.717) is 5.82 Å². The maximum absolute atomic E-state index is 4.48. The van der Waals surface area contributed by atoms with Crippen molar-refractivity contribution >= 4 is 39.6 Å². The van der Waals surface area contributed by atoms with E-state index in [2.05, 4.69) is 54.8 Å². The zero-order chi connectivity index (χ0) is 19.5. The molecule has 144 valence electrons. The quantitative estimate of drug-likeness (QED) is 0.500. The van der Waals surface area contributed by atoms with Gasteiger partial charge in [-0.1, -0.05) is 18.2 Å². The van der Waals surface area contributed by atoms with E-state index in [9.17, 15) is 0 Å². The number of anilines is 5. The van der Waals surface area contributed by atoms with Crippen LogP contribution in [0.1, 0.15) is 12.8 Å². The van der Waals surface area contributed by atoms with E-state index >= 15 is 0 Å². The molecule has 0 unspecified atom stereocenters. The summed E-state index contributed by atoms with van der Waals surface area (Å²) in [5.41, 5.74) is 4.12. The van der Waals surface area contributed by atoms with E-state index in [-0.39, 0.29) is 0 Å². The maximum atomic E-state index is 4.48. The third kappa shape index (κ3) is 3.82. The van der Waals surface area contributed by atoms with Gasteiger partial charge in [-0.15, -0.1) is 0 Å². The summed E-state index contributed by atoms with van der Waals surface area (Å²) in [4.78, 5) is 15.6. The van der Waals surface area contributed by atoms with E-state index in [0.717, 1.165) is 41.2 Å². The normalized spacial score (nSPS) is 13.6. The summed E-state index contributed by atoms with van der Waals surface area (Å²) in [5, 5.41) is 7.80. The van der Waals surface area contributed by atoms with Crippen LogP contribution in [0.25, 0.3) is 10.9 Å². The van der Waals surface area contributed by atoms with Crippen LogP contribution in [0.15, 0.2) is 73.2 Å². The molecule has 1 aliphatic heterocycles. The van der Waals surface area contributed by atoms with Crippen molar-refractivity contribution < 1.29 is 0 Å². The average molecular weight is 382 g/mol. The summed E-state index contributed by atoms with van der Waals surface area (Å²) < 4.78 is 0. The van der Waals surface area contributed by atoms with Crippen molar-refractivity contribution in [2.75, 3.05) is 28.6 Å². The number of nitrogens with one attached hydrogen (secondary N) is 2. The highest BCUT2D eigenvalue weighted by Crippen LogP contribution is 2.26. The van der Waals surface area contributed by atoms with Crippen LogP contribution in [0.5, 0.6) is 0 Å². The summed E-state index contributed by atoms with van der Waals surface area (Å²) in [7, 11) is 0. The molecule has 2 N–H and O–H groups in total. The number of hydrogen-bond donors (Lipinski definition) is 2. The molecule has 1 fully saturated rings. The Hall–Kier alpha value is -3.67. The van der Waals surface area contributed by atoms with Gasteiger partial charge in [-0.2, -0.15) is 0 Å². The second-order valence-corrected chi connectivity index (χ2v) is 7.16. The van der Waals surface area contributed by atoms with Crippen LogP contribution in [-0.4, -0.2) is 28.0 Å². The Kier molecular flexibility index (Phi) is 4.66. The Balaban J connectivity index is 1.33. The van der Waals surface area contributed by atoms with Gasteiger partial charge in [0.05, 0.1) is 11.2 Å². The third-order valence-corrected chi connectivity index (χ3v) is 5.17. The molecule has 1 aliphatic rings. The summed E-state index contributed by atoms with van der Waals surface area (Å²) in [5.74, 6) is 1.46. The lowest BCUT2D eigenvalue weighted by Gasteiger charge is -2.18. The fourth-order valence-corrected chi connectivity index (χ4v) is 3.72. The van der Waals surface area contributed by atoms with Gasteiger partial charge in [0.2, 0.25) is 0 Å². The van der Waals surface area contributed by atoms with Gasteiger partial charge in [0.15, 0.2) is 0 Å². The van der Waals surface area contributed by atoms with Crippen molar-refractivity contribution in [3.05, 3.63) is 73.2 Å². The number of para-hydroxylation sites is 1. The molecule has 0 amide bonds. The molecule has 0 radical (unpaired) electrons. The van der Waals surface area contributed by atoms with Gasteiger partial charge in [-0.05, 0) is 49.2 Å². The predicted octanol–water partition coefficient (Wildman–Crippen LogP) is 5.11. The zero-order valence-electron chi connectivity index (χ0n) is 16.0. The van der Waals surface area contributed by atoms with Gasteiger partial charge in [0.1, 0.15) is 18.0 Å². The SMILES string of the molecule is c1cnc2c(Nc3cc(Nc4ccc(N5CCCC5)cc4)ncn3)cccc2c1. The Bertz CT molecular complexity index is 1110. The van der Waals surface area contributed by atoms with Crippen molar-refractivity contribution in [1.82, 2.24) is 15.0 Å². The monoisotopic (exact) mass is 382 g/mol. The number of hydrogen-bond acceptors (Lipinski definition) is 6. The number of rotatable bonds is 5. The smallest absolute Gasteiger partial charge is 0.135 e. The second kappa shape index (κ2) is 7.75. The topological polar surface area (TPSA) is 66.0 Å². The maximum Gasteiger partial charge on any atom is 0.135 e. The zero-order valence-corrected chi connectivity index (χ0v) is 16.0. The molecule has 6 heteroatoms. The van der Waals surface area contributed by atoms with Crippen molar-refractivity contribution in [2.24, 2.45) is 0 Å². The van der Waals surface area contributed by atoms with Gasteiger partial charge in [-0.3, -0.25) is 4.98 Å². The molecule has 5 rings (SSSR count). The van der Waals surface area contributed by atoms with E-state index in [1.165, 1.54) is 18.5 Å². The first-order chi connectivity index (χ1) is 14.3. The van der Waals surface area contributed by atoms with Crippen LogP contribution in [0.3, 0.4) is 0 Å². The fourth-order valence-electron chi connectivity index (χ4n) is 3.72. The highest BCUT2D eigenvalue weighted by molar-refractivity contribution is 5.91. The minimum Gasteiger partial charge on any atom is -0.372 e. The lowest BCUT2D eigenvalue weighted by Crippen LogP contribution is -2.17. The Morgan fingerprint density at radius 3 is 2.34 bits per heavy atom. The summed E-state index contributed by atoms with van der Waals surface area (Å²) in [6.45, 7) is 2.30. The molecule has 0 atom stereocenters. The molecular weight excluding hydrogens is 360 g/mol. The van der Waals surface area contributed by atoms with Crippen molar-refractivity contribution in [3.63, 3.8) is 0 Å². The first kappa shape index (κ1) is 17.4. The minimum atomic E-state index is 0.717. The number of pyridine rings is 1. The Morgan fingerprint density at radius 2 is 1.52 bits per heavy atom. The van der Waals surface area contributed by atoms with Crippen LogP contribution in [-0.2, 0) is 0 Å². The molecule has 29 heavy (non-hydrogen) atoms. The molecule has 4 aromatic rings. The molecule has 2 aromatic heterocycles. The Morgan fingerprint density at radius 1 is 0.759 bits per heavy atom. The molecule has 2 aromatic carbocycles. The molecular formula is C23H22N6. The van der Waals surface area contributed by atoms with Gasteiger partial charge in [0.25, 0.3) is 0 Å². The number of nitrogens with zero attached hydrogens (tertiary/aromatic N) is 4. The molecule has 0 bridgehead atoms. The van der Waals surface area contributed by atoms with Gasteiger partial charge in [-0.25, -0.2) is 9.97 Å². The Labute approximate surface area is 169 Å². The van der Waals surface area contributed by atoms with Crippen LogP contribution in [0.2, 0.25) is 0 Å². The van der Waals surface area contributed by atoms with Gasteiger partial charge in [0, 0.05) is 42.1 Å². The first-order valence-electron chi connectivity index (χ1n) is 9.90. The summed E-state index contributed by atoms with van der Waals surface area (Å²) in [6, 6.07) is 20.5. The number of benzene rings is 2. The van der Waals surface area contributed by atoms with E-state index < -0.39 is 0 Å². The second-order valence-electron chi connectivity index (χ2n) is 7.16. The van der Waals surface area contributed by atoms with Gasteiger partial charge < -0.3 is 15.5 Å². The lowest BCUT2D eigenvalue weighted by molar-refractivity contribution is 0.949. The molecule has 0 saturated carbocycles. The fraction of sp³-hybridized carbons (Fsp3) is 0.174. The summed E-state index contributed by atoms with van der Waals surface area (Å²) in [6.07, 6.45) is 5.92. The van der Waals surface area contributed by atoms with Crippen LogP contribution in [0, 0.1) is 0 Å². The number of aromatic nitrogens is 3. The van der Waals surface area contributed by atoms with Crippen molar-refractivity contribution in [1.29, 1.82) is 0 Å². The predicted molar refractivity (Wildman–Crippen MR) is 118 cm³/mol. The molecule has 0 aliphatic carbocycles. The number of fused-ring (bicyclic) bond motifs is 1. The van der Waals surface area contributed by atoms with E-state index in [4.69, 9.17) is 0 Å². The summed E-state index contributed by atoms with van der Waals surface area (Å²) >= 11 is 0. The highest BCUT2D eigenvalue weighted by atomic mass is 15.1. The molecule has 3 heterocycles. The largest absolute Gasteiger partial charge is 0.372 e. The van der Waals surface area contributed by atoms with Crippen LogP contribution in [0.4, 0.5) is 28.7 Å². The van der Waals surface area contributed by atoms with Crippen LogP contribution >= 0.6 is 0 Å². The van der Waals surface area contributed by atoms with E-state index in [1.807, 2.05) is 36.4 Å². The average Bonchev–Trinajstić information content (AvgIpc) is 3.30. The van der Waals surface area contributed by atoms with Crippen molar-refractivity contribution in [2.45, 2.75) is 12.8 Å². The molecule has 0 spiro atoms. The molecule has 1 saturated heterocycles. The molecule has 6 nitrogen and oxygen atoms in total. The third-order valence-electron chi connectivity index (χ3n) is 5.17.